The second kappa shape index (κ2) is 10.5. The lowest BCUT2D eigenvalue weighted by Gasteiger charge is -2.31. The van der Waals surface area contributed by atoms with Crippen LogP contribution in [-0.2, 0) is 29.3 Å². The van der Waals surface area contributed by atoms with E-state index in [1.807, 2.05) is 0 Å². The summed E-state index contributed by atoms with van der Waals surface area (Å²) in [6.45, 7) is 8.51. The predicted octanol–water partition coefficient (Wildman–Crippen LogP) is 1.82. The van der Waals surface area contributed by atoms with Gasteiger partial charge in [-0.2, -0.15) is 13.1 Å². The van der Waals surface area contributed by atoms with Crippen molar-refractivity contribution in [3.05, 3.63) is 58.6 Å². The molecular weight excluding hydrogens is 422 g/mol. The summed E-state index contributed by atoms with van der Waals surface area (Å²) in [5.41, 5.74) is 1.15. The summed E-state index contributed by atoms with van der Waals surface area (Å²) >= 11 is 0. The normalized spacial score (nSPS) is 16.8. The molecule has 170 valence electrons. The molecule has 31 heavy (non-hydrogen) atoms. The predicted molar refractivity (Wildman–Crippen MR) is 116 cm³/mol. The third kappa shape index (κ3) is 6.08. The molecule has 1 aliphatic heterocycles. The first-order chi connectivity index (χ1) is 14.6. The molecule has 0 amide bonds. The highest BCUT2D eigenvalue weighted by Gasteiger charge is 2.40. The minimum atomic E-state index is -4.01. The van der Waals surface area contributed by atoms with Crippen LogP contribution in [0.3, 0.4) is 0 Å². The molecule has 1 unspecified atom stereocenters. The Morgan fingerprint density at radius 1 is 1.03 bits per heavy atom. The van der Waals surface area contributed by atoms with Gasteiger partial charge in [-0.3, -0.25) is 4.72 Å². The maximum atomic E-state index is 13.0. The number of hydrogen-bond donors (Lipinski definition) is 3. The first-order valence-corrected chi connectivity index (χ1v) is 11.5. The highest BCUT2D eigenvalue weighted by atomic mass is 32.2. The fraction of sp³-hybridized carbons (Fsp3) is 0.429. The van der Waals surface area contributed by atoms with Crippen molar-refractivity contribution in [3.8, 4) is 0 Å². The van der Waals surface area contributed by atoms with Crippen LogP contribution in [0.4, 0.5) is 0 Å². The molecule has 0 spiro atoms. The van der Waals surface area contributed by atoms with Gasteiger partial charge in [0.25, 0.3) is 10.2 Å². The Hall–Kier alpha value is -2.85. The second-order valence-corrected chi connectivity index (χ2v) is 8.56. The van der Waals surface area contributed by atoms with E-state index in [0.717, 1.165) is 0 Å². The van der Waals surface area contributed by atoms with E-state index in [9.17, 15) is 18.0 Å². The van der Waals surface area contributed by atoms with Gasteiger partial charge in [-0.25, -0.2) is 9.59 Å². The van der Waals surface area contributed by atoms with Gasteiger partial charge >= 0.3 is 11.9 Å². The van der Waals surface area contributed by atoms with Crippen LogP contribution in [0.1, 0.15) is 46.1 Å². The number of dihydropyridines is 1. The van der Waals surface area contributed by atoms with Gasteiger partial charge in [-0.05, 0) is 40.2 Å². The lowest BCUT2D eigenvalue weighted by Crippen LogP contribution is -2.46. The van der Waals surface area contributed by atoms with Crippen LogP contribution >= 0.6 is 0 Å². The van der Waals surface area contributed by atoms with Crippen molar-refractivity contribution in [1.29, 1.82) is 0 Å². The zero-order chi connectivity index (χ0) is 23.2. The first kappa shape index (κ1) is 24.4. The molecule has 1 atom stereocenters. The van der Waals surface area contributed by atoms with Crippen LogP contribution in [0.2, 0.25) is 0 Å². The number of carbonyl (C=O) groups is 2. The van der Waals surface area contributed by atoms with Gasteiger partial charge in [-0.15, -0.1) is 0 Å². The molecule has 3 N–H and O–H groups in total. The summed E-state index contributed by atoms with van der Waals surface area (Å²) in [4.78, 5) is 25.8. The fourth-order valence-electron chi connectivity index (χ4n) is 3.27. The van der Waals surface area contributed by atoms with Crippen molar-refractivity contribution in [2.75, 3.05) is 13.2 Å². The molecule has 9 nitrogen and oxygen atoms in total. The summed E-state index contributed by atoms with van der Waals surface area (Å²) in [6.07, 6.45) is 0. The molecular formula is C21H29N3O6S. The zero-order valence-corrected chi connectivity index (χ0v) is 19.1. The molecule has 0 saturated heterocycles. The van der Waals surface area contributed by atoms with Crippen molar-refractivity contribution in [2.24, 2.45) is 0 Å². The molecule has 0 fully saturated rings. The summed E-state index contributed by atoms with van der Waals surface area (Å²) in [6, 6.07) is 8.46. The number of allylic oxidation sites excluding steroid dienone is 1. The van der Waals surface area contributed by atoms with Crippen LogP contribution in [-0.4, -0.2) is 39.6 Å². The van der Waals surface area contributed by atoms with E-state index in [1.54, 1.807) is 65.0 Å². The molecule has 1 aromatic carbocycles. The van der Waals surface area contributed by atoms with E-state index in [-0.39, 0.29) is 36.2 Å². The van der Waals surface area contributed by atoms with Gasteiger partial charge in [0, 0.05) is 11.7 Å². The van der Waals surface area contributed by atoms with Gasteiger partial charge < -0.3 is 14.8 Å². The third-order valence-corrected chi connectivity index (χ3v) is 5.57. The molecule has 10 heteroatoms. The average Bonchev–Trinajstić information content (AvgIpc) is 2.67. The Labute approximate surface area is 183 Å². The topological polar surface area (TPSA) is 123 Å². The number of rotatable bonds is 9. The van der Waals surface area contributed by atoms with Crippen molar-refractivity contribution in [2.45, 2.75) is 46.6 Å². The monoisotopic (exact) mass is 451 g/mol. The molecule has 2 rings (SSSR count). The van der Waals surface area contributed by atoms with Crippen molar-refractivity contribution in [3.63, 3.8) is 0 Å². The Morgan fingerprint density at radius 3 is 2.10 bits per heavy atom. The number of carbonyl (C=O) groups excluding carboxylic acids is 2. The first-order valence-electron chi connectivity index (χ1n) is 10.0. The number of nitrogens with one attached hydrogen (secondary N) is 3. The SMILES string of the molecule is CCOC(=O)C1=C(C)NC(NS(=O)(=O)NC(C)C)=C(C(=O)OCC)C1c1ccccc1. The fourth-order valence-corrected chi connectivity index (χ4v) is 4.38. The minimum absolute atomic E-state index is 0.0316. The maximum absolute atomic E-state index is 13.0. The smallest absolute Gasteiger partial charge is 0.338 e. The average molecular weight is 452 g/mol. The standard InChI is InChI=1S/C21H29N3O6S/c1-6-29-20(25)16-14(5)22-19(24-31(27,28)23-13(3)4)18(21(26)30-7-2)17(16)15-11-9-8-10-12-15/h8-13,17,22-24H,6-7H2,1-5H3. The summed E-state index contributed by atoms with van der Waals surface area (Å²) in [5.74, 6) is -2.32. The van der Waals surface area contributed by atoms with Crippen LogP contribution in [0.15, 0.2) is 53.0 Å². The van der Waals surface area contributed by atoms with Gasteiger partial charge in [-0.1, -0.05) is 30.3 Å². The van der Waals surface area contributed by atoms with E-state index in [4.69, 9.17) is 9.47 Å². The van der Waals surface area contributed by atoms with Gasteiger partial charge in [0.2, 0.25) is 0 Å². The maximum Gasteiger partial charge on any atom is 0.338 e. The summed E-state index contributed by atoms with van der Waals surface area (Å²) in [7, 11) is -4.01. The highest BCUT2D eigenvalue weighted by molar-refractivity contribution is 7.87. The van der Waals surface area contributed by atoms with Crippen LogP contribution in [0.5, 0.6) is 0 Å². The summed E-state index contributed by atoms with van der Waals surface area (Å²) < 4.78 is 40.3. The molecule has 1 aromatic rings. The highest BCUT2D eigenvalue weighted by Crippen LogP contribution is 2.38. The molecule has 1 aliphatic rings. The van der Waals surface area contributed by atoms with E-state index in [0.29, 0.717) is 11.3 Å². The van der Waals surface area contributed by atoms with Crippen molar-refractivity contribution < 1.29 is 27.5 Å². The van der Waals surface area contributed by atoms with Gasteiger partial charge in [0.15, 0.2) is 0 Å². The minimum Gasteiger partial charge on any atom is -0.463 e. The van der Waals surface area contributed by atoms with E-state index in [2.05, 4.69) is 14.8 Å². The molecule has 0 radical (unpaired) electrons. The largest absolute Gasteiger partial charge is 0.463 e. The molecule has 0 saturated carbocycles. The Balaban J connectivity index is 2.71. The molecule has 0 bridgehead atoms. The number of esters is 2. The van der Waals surface area contributed by atoms with E-state index in [1.165, 1.54) is 0 Å². The van der Waals surface area contributed by atoms with Gasteiger partial charge in [0.1, 0.15) is 5.82 Å². The third-order valence-electron chi connectivity index (χ3n) is 4.31. The quantitative estimate of drug-likeness (QED) is 0.490. The molecule has 1 heterocycles. The van der Waals surface area contributed by atoms with Crippen LogP contribution < -0.4 is 14.8 Å². The van der Waals surface area contributed by atoms with Crippen molar-refractivity contribution >= 4 is 22.1 Å². The van der Waals surface area contributed by atoms with Gasteiger partial charge in [0.05, 0.1) is 30.3 Å². The second-order valence-electron chi connectivity index (χ2n) is 7.12. The number of hydrogen-bond acceptors (Lipinski definition) is 7. The van der Waals surface area contributed by atoms with Crippen molar-refractivity contribution in [1.82, 2.24) is 14.8 Å². The summed E-state index contributed by atoms with van der Waals surface area (Å²) in [5, 5.41) is 2.85. The lowest BCUT2D eigenvalue weighted by atomic mass is 9.81. The van der Waals surface area contributed by atoms with Crippen LogP contribution in [0, 0.1) is 0 Å². The number of ether oxygens (including phenoxy) is 2. The lowest BCUT2D eigenvalue weighted by molar-refractivity contribution is -0.139. The zero-order valence-electron chi connectivity index (χ0n) is 18.3. The Morgan fingerprint density at radius 2 is 1.58 bits per heavy atom. The number of benzene rings is 1. The Kier molecular flexibility index (Phi) is 8.23. The van der Waals surface area contributed by atoms with E-state index >= 15 is 0 Å². The molecule has 0 aromatic heterocycles. The van der Waals surface area contributed by atoms with Crippen LogP contribution in [0.25, 0.3) is 0 Å². The molecule has 0 aliphatic carbocycles. The van der Waals surface area contributed by atoms with E-state index < -0.39 is 28.1 Å². The Bertz CT molecular complexity index is 984.